The summed E-state index contributed by atoms with van der Waals surface area (Å²) in [6, 6.07) is 16.9. The molecular formula is C29H25FN6O. The minimum atomic E-state index is -0.376. The number of nitrogens with zero attached hydrogens (tertiary/aromatic N) is 4. The fourth-order valence-electron chi connectivity index (χ4n) is 4.72. The van der Waals surface area contributed by atoms with E-state index in [2.05, 4.69) is 48.2 Å². The van der Waals surface area contributed by atoms with Crippen molar-refractivity contribution < 1.29 is 9.13 Å². The summed E-state index contributed by atoms with van der Waals surface area (Å²) in [4.78, 5) is 14.6. The highest BCUT2D eigenvalue weighted by atomic mass is 19.1. The Kier molecular flexibility index (Phi) is 5.65. The largest absolute Gasteiger partial charge is 0.497 e. The first-order chi connectivity index (χ1) is 18.0. The van der Waals surface area contributed by atoms with Crippen molar-refractivity contribution in [2.75, 3.05) is 21.2 Å². The number of ether oxygens (including phenoxy) is 1. The molecule has 8 heteroatoms. The second-order valence-electron chi connectivity index (χ2n) is 9.34. The zero-order valence-electron chi connectivity index (χ0n) is 20.7. The van der Waals surface area contributed by atoms with E-state index in [1.165, 1.54) is 19.2 Å². The molecule has 37 heavy (non-hydrogen) atoms. The Labute approximate surface area is 213 Å². The van der Waals surface area contributed by atoms with Gasteiger partial charge in [0.25, 0.3) is 0 Å². The molecule has 6 rings (SSSR count). The molecule has 0 unspecified atom stereocenters. The number of hydrogen-bond donors (Lipinski definition) is 2. The molecule has 184 valence electrons. The minimum absolute atomic E-state index is 0.376. The maximum absolute atomic E-state index is 14.2. The van der Waals surface area contributed by atoms with Crippen LogP contribution in [0.15, 0.2) is 73.2 Å². The average Bonchev–Trinajstić information content (AvgIpc) is 3.51. The van der Waals surface area contributed by atoms with E-state index in [-0.39, 0.29) is 5.82 Å². The predicted octanol–water partition coefficient (Wildman–Crippen LogP) is 6.04. The molecule has 4 heterocycles. The quantitative estimate of drug-likeness (QED) is 0.296. The normalized spacial score (nSPS) is 11.6. The maximum atomic E-state index is 14.2. The lowest BCUT2D eigenvalue weighted by Crippen LogP contribution is -2.10. The Morgan fingerprint density at radius 2 is 1.73 bits per heavy atom. The van der Waals surface area contributed by atoms with Crippen LogP contribution in [0.1, 0.15) is 5.56 Å². The first-order valence-corrected chi connectivity index (χ1v) is 11.9. The van der Waals surface area contributed by atoms with E-state index in [9.17, 15) is 4.39 Å². The smallest absolute Gasteiger partial charge is 0.127 e. The maximum Gasteiger partial charge on any atom is 0.127 e. The molecule has 2 N–H and O–H groups in total. The van der Waals surface area contributed by atoms with Crippen molar-refractivity contribution in [3.8, 4) is 39.5 Å². The van der Waals surface area contributed by atoms with Crippen LogP contribution < -0.4 is 4.74 Å². The van der Waals surface area contributed by atoms with Gasteiger partial charge in [0.2, 0.25) is 0 Å². The van der Waals surface area contributed by atoms with Gasteiger partial charge in [0, 0.05) is 58.6 Å². The zero-order valence-corrected chi connectivity index (χ0v) is 20.7. The highest BCUT2D eigenvalue weighted by Crippen LogP contribution is 2.35. The van der Waals surface area contributed by atoms with Crippen LogP contribution in [0.4, 0.5) is 4.39 Å². The van der Waals surface area contributed by atoms with Crippen LogP contribution in [0.3, 0.4) is 0 Å². The number of hydrogen-bond acceptors (Lipinski definition) is 5. The SMILES string of the molecule is COc1cc(F)cc(-c2nccc3[nH]c(-c4n[nH]c5ccc(-c6cncc(CN(C)C)c6)cc45)cc23)c1. The topological polar surface area (TPSA) is 82.7 Å². The molecule has 0 aliphatic carbocycles. The second-order valence-corrected chi connectivity index (χ2v) is 9.34. The fraction of sp³-hybridized carbons (Fsp3) is 0.138. The molecule has 0 saturated heterocycles. The van der Waals surface area contributed by atoms with Gasteiger partial charge in [-0.15, -0.1) is 0 Å². The van der Waals surface area contributed by atoms with Gasteiger partial charge < -0.3 is 14.6 Å². The Bertz CT molecular complexity index is 1750. The van der Waals surface area contributed by atoms with Gasteiger partial charge >= 0.3 is 0 Å². The Hall–Kier alpha value is -4.56. The molecule has 0 aliphatic heterocycles. The number of H-pyrrole nitrogens is 2. The van der Waals surface area contributed by atoms with Crippen molar-refractivity contribution in [1.82, 2.24) is 30.0 Å². The average molecular weight is 493 g/mol. The van der Waals surface area contributed by atoms with Gasteiger partial charge in [-0.3, -0.25) is 15.1 Å². The van der Waals surface area contributed by atoms with E-state index < -0.39 is 0 Å². The molecule has 2 aromatic carbocycles. The summed E-state index contributed by atoms with van der Waals surface area (Å²) in [5.74, 6) is 0.0680. The van der Waals surface area contributed by atoms with Crippen molar-refractivity contribution in [2.24, 2.45) is 0 Å². The number of aromatic nitrogens is 5. The van der Waals surface area contributed by atoms with Crippen molar-refractivity contribution in [3.63, 3.8) is 0 Å². The van der Waals surface area contributed by atoms with E-state index in [0.717, 1.165) is 56.4 Å². The molecule has 0 bridgehead atoms. The first kappa shape index (κ1) is 22.9. The molecule has 0 radical (unpaired) electrons. The third-order valence-corrected chi connectivity index (χ3v) is 6.37. The molecule has 6 aromatic rings. The molecule has 0 spiro atoms. The zero-order chi connectivity index (χ0) is 25.5. The van der Waals surface area contributed by atoms with Crippen LogP contribution >= 0.6 is 0 Å². The van der Waals surface area contributed by atoms with Gasteiger partial charge in [0.15, 0.2) is 0 Å². The van der Waals surface area contributed by atoms with Crippen LogP contribution in [-0.4, -0.2) is 51.3 Å². The lowest BCUT2D eigenvalue weighted by molar-refractivity contribution is 0.402. The van der Waals surface area contributed by atoms with Crippen molar-refractivity contribution >= 4 is 21.8 Å². The van der Waals surface area contributed by atoms with Crippen molar-refractivity contribution in [1.29, 1.82) is 0 Å². The molecule has 0 amide bonds. The number of nitrogens with one attached hydrogen (secondary N) is 2. The number of fused-ring (bicyclic) bond motifs is 2. The van der Waals surface area contributed by atoms with E-state index >= 15 is 0 Å². The number of methoxy groups -OCH3 is 1. The summed E-state index contributed by atoms with van der Waals surface area (Å²) in [5, 5.41) is 9.62. The van der Waals surface area contributed by atoms with E-state index in [0.29, 0.717) is 17.0 Å². The number of rotatable bonds is 6. The van der Waals surface area contributed by atoms with E-state index in [1.54, 1.807) is 12.3 Å². The van der Waals surface area contributed by atoms with E-state index in [1.807, 2.05) is 44.7 Å². The molecule has 0 fully saturated rings. The van der Waals surface area contributed by atoms with Crippen molar-refractivity contribution in [2.45, 2.75) is 6.54 Å². The van der Waals surface area contributed by atoms with Gasteiger partial charge in [-0.05, 0) is 67.7 Å². The summed E-state index contributed by atoms with van der Waals surface area (Å²) >= 11 is 0. The number of aromatic amines is 2. The second kappa shape index (κ2) is 9.15. The molecule has 0 aliphatic rings. The molecule has 4 aromatic heterocycles. The van der Waals surface area contributed by atoms with Crippen LogP contribution in [0.5, 0.6) is 5.75 Å². The van der Waals surface area contributed by atoms with Crippen LogP contribution in [-0.2, 0) is 6.54 Å². The monoisotopic (exact) mass is 492 g/mol. The van der Waals surface area contributed by atoms with Crippen LogP contribution in [0, 0.1) is 5.82 Å². The first-order valence-electron chi connectivity index (χ1n) is 11.9. The Morgan fingerprint density at radius 1 is 0.865 bits per heavy atom. The number of halogens is 1. The number of pyridine rings is 2. The predicted molar refractivity (Wildman–Crippen MR) is 144 cm³/mol. The fourth-order valence-corrected chi connectivity index (χ4v) is 4.72. The lowest BCUT2D eigenvalue weighted by Gasteiger charge is -2.10. The summed E-state index contributed by atoms with van der Waals surface area (Å²) in [5.41, 5.74) is 8.04. The minimum Gasteiger partial charge on any atom is -0.497 e. The molecule has 0 saturated carbocycles. The summed E-state index contributed by atoms with van der Waals surface area (Å²) in [6.45, 7) is 0.822. The third kappa shape index (κ3) is 4.32. The van der Waals surface area contributed by atoms with Crippen molar-refractivity contribution in [3.05, 3.63) is 84.6 Å². The van der Waals surface area contributed by atoms with Gasteiger partial charge in [-0.2, -0.15) is 5.10 Å². The van der Waals surface area contributed by atoms with Gasteiger partial charge in [-0.25, -0.2) is 4.39 Å². The van der Waals surface area contributed by atoms with Gasteiger partial charge in [-0.1, -0.05) is 6.07 Å². The summed E-state index contributed by atoms with van der Waals surface area (Å²) in [7, 11) is 5.61. The highest BCUT2D eigenvalue weighted by Gasteiger charge is 2.16. The number of benzene rings is 2. The Morgan fingerprint density at radius 3 is 2.57 bits per heavy atom. The molecule has 7 nitrogen and oxygen atoms in total. The van der Waals surface area contributed by atoms with Gasteiger partial charge in [0.1, 0.15) is 17.3 Å². The molecular weight excluding hydrogens is 467 g/mol. The Balaban J connectivity index is 1.45. The van der Waals surface area contributed by atoms with Gasteiger partial charge in [0.05, 0.1) is 24.0 Å². The highest BCUT2D eigenvalue weighted by molar-refractivity contribution is 6.00. The van der Waals surface area contributed by atoms with Crippen LogP contribution in [0.25, 0.3) is 55.6 Å². The third-order valence-electron chi connectivity index (χ3n) is 6.37. The molecule has 0 atom stereocenters. The summed E-state index contributed by atoms with van der Waals surface area (Å²) in [6.07, 6.45) is 5.49. The summed E-state index contributed by atoms with van der Waals surface area (Å²) < 4.78 is 19.5. The lowest BCUT2D eigenvalue weighted by atomic mass is 10.0. The standard InChI is InChI=1S/C29H25FN6O/c1-36(2)16-17-8-20(15-31-14-17)18-4-5-26-23(11-18)29(35-34-26)27-13-24-25(33-27)6-7-32-28(24)19-9-21(30)12-22(10-19)37-3/h4-15,33H,16H2,1-3H3,(H,34,35). The van der Waals surface area contributed by atoms with Crippen LogP contribution in [0.2, 0.25) is 0 Å². The van der Waals surface area contributed by atoms with E-state index in [4.69, 9.17) is 4.74 Å².